The normalized spacial score (nSPS) is 21.2. The molecule has 1 aromatic heterocycles. The van der Waals surface area contributed by atoms with E-state index in [4.69, 9.17) is 11.6 Å². The molecule has 1 aliphatic rings. The summed E-state index contributed by atoms with van der Waals surface area (Å²) in [5, 5.41) is 1.21. The van der Waals surface area contributed by atoms with Gasteiger partial charge in [-0.15, -0.1) is 0 Å². The highest BCUT2D eigenvalue weighted by atomic mass is 35.5. The Morgan fingerprint density at radius 3 is 3.00 bits per heavy atom. The van der Waals surface area contributed by atoms with Crippen molar-refractivity contribution in [2.45, 2.75) is 9.92 Å². The summed E-state index contributed by atoms with van der Waals surface area (Å²) >= 11 is 5.62. The molecule has 0 spiro atoms. The summed E-state index contributed by atoms with van der Waals surface area (Å²) in [5.74, 6) is 0. The van der Waals surface area contributed by atoms with E-state index in [1.54, 1.807) is 12.3 Å². The summed E-state index contributed by atoms with van der Waals surface area (Å²) in [6.45, 7) is 0. The molecule has 0 bridgehead atoms. The van der Waals surface area contributed by atoms with Crippen LogP contribution in [0.1, 0.15) is 0 Å². The minimum atomic E-state index is -0.969. The van der Waals surface area contributed by atoms with Gasteiger partial charge in [0.25, 0.3) is 0 Å². The molecule has 4 heteroatoms. The van der Waals surface area contributed by atoms with Crippen molar-refractivity contribution in [3.63, 3.8) is 0 Å². The Labute approximate surface area is 59.3 Å². The van der Waals surface area contributed by atoms with Gasteiger partial charge in [0.05, 0.1) is 9.92 Å². The Morgan fingerprint density at radius 2 is 2.44 bits per heavy atom. The predicted molar refractivity (Wildman–Crippen MR) is 33.9 cm³/mol. The number of rotatable bonds is 0. The summed E-state index contributed by atoms with van der Waals surface area (Å²) in [5.41, 5.74) is 0. The number of fused-ring (bicyclic) bond motifs is 1. The van der Waals surface area contributed by atoms with E-state index in [9.17, 15) is 4.21 Å². The van der Waals surface area contributed by atoms with E-state index in [2.05, 4.69) is 4.98 Å². The Morgan fingerprint density at radius 1 is 1.67 bits per heavy atom. The molecule has 46 valence electrons. The van der Waals surface area contributed by atoms with Gasteiger partial charge in [0.2, 0.25) is 0 Å². The summed E-state index contributed by atoms with van der Waals surface area (Å²) in [7, 11) is -0.969. The van der Waals surface area contributed by atoms with E-state index >= 15 is 0 Å². The molecule has 1 atom stereocenters. The lowest BCUT2D eigenvalue weighted by molar-refractivity contribution is 0.692. The molecule has 2 rings (SSSR count). The lowest BCUT2D eigenvalue weighted by atomic mass is 10.5. The third-order valence-corrected chi connectivity index (χ3v) is 2.81. The summed E-state index contributed by atoms with van der Waals surface area (Å²) in [4.78, 5) is 4.54. The summed E-state index contributed by atoms with van der Waals surface area (Å²) in [6.07, 6.45) is 1.56. The van der Waals surface area contributed by atoms with Crippen LogP contribution in [0.15, 0.2) is 22.2 Å². The summed E-state index contributed by atoms with van der Waals surface area (Å²) in [6, 6.07) is 1.64. The maximum absolute atomic E-state index is 10.7. The van der Waals surface area contributed by atoms with Crippen LogP contribution in [0, 0.1) is 0 Å². The number of hydrogen-bond acceptors (Lipinski definition) is 2. The van der Waals surface area contributed by atoms with E-state index in [0.717, 1.165) is 0 Å². The zero-order chi connectivity index (χ0) is 6.43. The van der Waals surface area contributed by atoms with Gasteiger partial charge in [-0.3, -0.25) is 0 Å². The molecule has 2 heterocycles. The second-order valence-corrected chi connectivity index (χ2v) is 3.44. The molecular weight excluding hydrogens is 158 g/mol. The van der Waals surface area contributed by atoms with Crippen LogP contribution in [0.5, 0.6) is 0 Å². The van der Waals surface area contributed by atoms with Crippen molar-refractivity contribution in [1.82, 2.24) is 4.98 Å². The van der Waals surface area contributed by atoms with E-state index in [-0.39, 0.29) is 0 Å². The van der Waals surface area contributed by atoms with Crippen LogP contribution >= 0.6 is 11.6 Å². The van der Waals surface area contributed by atoms with Gasteiger partial charge in [-0.25, -0.2) is 9.19 Å². The fourth-order valence-corrected chi connectivity index (χ4v) is 2.00. The van der Waals surface area contributed by atoms with E-state index in [0.29, 0.717) is 14.9 Å². The highest BCUT2D eigenvalue weighted by Gasteiger charge is 2.33. The van der Waals surface area contributed by atoms with Crippen LogP contribution in [0.25, 0.3) is 0 Å². The molecule has 0 saturated heterocycles. The number of hydrogen-bond donors (Lipinski definition) is 0. The fraction of sp³-hybridized carbons (Fsp3) is 0. The Hall–Kier alpha value is -0.410. The predicted octanol–water partition coefficient (Wildman–Crippen LogP) is 1.22. The van der Waals surface area contributed by atoms with Crippen LogP contribution in [0.4, 0.5) is 0 Å². The maximum atomic E-state index is 10.7. The topological polar surface area (TPSA) is 30.0 Å². The molecule has 9 heavy (non-hydrogen) atoms. The molecule has 1 aromatic rings. The molecule has 1 unspecified atom stereocenters. The fourth-order valence-electron chi connectivity index (χ4n) is 0.671. The average Bonchev–Trinajstić information content (AvgIpc) is 2.45. The molecule has 0 amide bonds. The Balaban J connectivity index is 2.74. The average molecular weight is 160 g/mol. The third kappa shape index (κ3) is 0.618. The van der Waals surface area contributed by atoms with Crippen molar-refractivity contribution in [3.05, 3.63) is 17.3 Å². The largest absolute Gasteiger partial charge is 0.247 e. The zero-order valence-corrected chi connectivity index (χ0v) is 5.87. The van der Waals surface area contributed by atoms with Crippen LogP contribution in [0.2, 0.25) is 5.02 Å². The minimum Gasteiger partial charge on any atom is -0.247 e. The van der Waals surface area contributed by atoms with Gasteiger partial charge in [0.15, 0.2) is 0 Å². The molecule has 0 fully saturated rings. The standard InChI is InChI=1S/C5H2ClNOS/c6-3-1-2-7-5-4(3)9(5)8/h1-2H. The molecule has 0 aromatic carbocycles. The van der Waals surface area contributed by atoms with E-state index < -0.39 is 10.8 Å². The molecular formula is C5H2ClNOS. The number of aromatic nitrogens is 1. The van der Waals surface area contributed by atoms with Crippen LogP contribution in [0.3, 0.4) is 0 Å². The first-order chi connectivity index (χ1) is 4.30. The van der Waals surface area contributed by atoms with Gasteiger partial charge >= 0.3 is 0 Å². The maximum Gasteiger partial charge on any atom is 0.150 e. The van der Waals surface area contributed by atoms with Gasteiger partial charge < -0.3 is 0 Å². The lowest BCUT2D eigenvalue weighted by Gasteiger charge is -1.76. The van der Waals surface area contributed by atoms with E-state index in [1.807, 2.05) is 0 Å². The first kappa shape index (κ1) is 5.38. The zero-order valence-electron chi connectivity index (χ0n) is 4.30. The second-order valence-electron chi connectivity index (χ2n) is 1.70. The first-order valence-corrected chi connectivity index (χ1v) is 3.90. The van der Waals surface area contributed by atoms with Gasteiger partial charge in [0, 0.05) is 6.20 Å². The Kier molecular flexibility index (Phi) is 0.926. The third-order valence-electron chi connectivity index (χ3n) is 1.14. The second kappa shape index (κ2) is 1.55. The van der Waals surface area contributed by atoms with Crippen molar-refractivity contribution in [3.8, 4) is 0 Å². The van der Waals surface area contributed by atoms with Crippen molar-refractivity contribution in [2.24, 2.45) is 0 Å². The molecule has 0 aliphatic carbocycles. The molecule has 0 N–H and O–H groups in total. The molecule has 0 saturated carbocycles. The lowest BCUT2D eigenvalue weighted by Crippen LogP contribution is -1.62. The van der Waals surface area contributed by atoms with Gasteiger partial charge in [-0.1, -0.05) is 11.6 Å². The van der Waals surface area contributed by atoms with Crippen LogP contribution in [-0.2, 0) is 10.8 Å². The van der Waals surface area contributed by atoms with Crippen LogP contribution < -0.4 is 0 Å². The van der Waals surface area contributed by atoms with E-state index in [1.165, 1.54) is 0 Å². The van der Waals surface area contributed by atoms with Crippen molar-refractivity contribution in [1.29, 1.82) is 0 Å². The Bertz CT molecular complexity index is 299. The monoisotopic (exact) mass is 159 g/mol. The van der Waals surface area contributed by atoms with Crippen molar-refractivity contribution < 1.29 is 4.21 Å². The molecule has 2 nitrogen and oxygen atoms in total. The molecule has 1 aliphatic heterocycles. The van der Waals surface area contributed by atoms with Gasteiger partial charge in [0.1, 0.15) is 15.8 Å². The highest BCUT2D eigenvalue weighted by Crippen LogP contribution is 2.38. The summed E-state index contributed by atoms with van der Waals surface area (Å²) < 4.78 is 10.7. The highest BCUT2D eigenvalue weighted by molar-refractivity contribution is 7.90. The smallest absolute Gasteiger partial charge is 0.150 e. The van der Waals surface area contributed by atoms with Crippen molar-refractivity contribution in [2.75, 3.05) is 0 Å². The van der Waals surface area contributed by atoms with Gasteiger partial charge in [-0.2, -0.15) is 0 Å². The SMILES string of the molecule is O=S1c2nccc(Cl)c21. The molecule has 0 radical (unpaired) electrons. The first-order valence-electron chi connectivity index (χ1n) is 2.37. The minimum absolute atomic E-state index is 0.568. The quantitative estimate of drug-likeness (QED) is 0.541. The number of pyridine rings is 1. The van der Waals surface area contributed by atoms with Crippen molar-refractivity contribution >= 4 is 22.4 Å². The van der Waals surface area contributed by atoms with Gasteiger partial charge in [-0.05, 0) is 6.07 Å². The van der Waals surface area contributed by atoms with Crippen LogP contribution in [-0.4, -0.2) is 9.19 Å². The number of nitrogens with zero attached hydrogens (tertiary/aromatic N) is 1. The number of halogens is 1.